The zero-order valence-electron chi connectivity index (χ0n) is 12.8. The van der Waals surface area contributed by atoms with Gasteiger partial charge in [-0.15, -0.1) is 0 Å². The van der Waals surface area contributed by atoms with E-state index in [4.69, 9.17) is 22.3 Å². The van der Waals surface area contributed by atoms with E-state index in [0.717, 1.165) is 0 Å². The molecule has 0 fully saturated rings. The molecule has 0 unspecified atom stereocenters. The summed E-state index contributed by atoms with van der Waals surface area (Å²) in [5, 5.41) is 0. The maximum absolute atomic E-state index is 5.99. The van der Waals surface area contributed by atoms with Crippen molar-refractivity contribution in [1.29, 1.82) is 0 Å². The quantitative estimate of drug-likeness (QED) is 0.541. The van der Waals surface area contributed by atoms with Gasteiger partial charge in [0.25, 0.3) is 0 Å². The Morgan fingerprint density at radius 3 is 1.32 bits per heavy atom. The molecular formula is C15H19O5PSi. The Morgan fingerprint density at radius 2 is 1.00 bits per heavy atom. The highest BCUT2D eigenvalue weighted by molar-refractivity contribution is 7.85. The van der Waals surface area contributed by atoms with Gasteiger partial charge in [0.1, 0.15) is 11.5 Å². The van der Waals surface area contributed by atoms with Gasteiger partial charge in [0, 0.05) is 21.3 Å². The number of benzene rings is 2. The fraction of sp³-hybridized carbons (Fsp3) is 0.200. The van der Waals surface area contributed by atoms with E-state index in [9.17, 15) is 0 Å². The molecule has 0 aliphatic carbocycles. The topological polar surface area (TPSA) is 46.2 Å². The van der Waals surface area contributed by atoms with Gasteiger partial charge in [-0.2, -0.15) is 0 Å². The van der Waals surface area contributed by atoms with Crippen molar-refractivity contribution >= 4 is 16.4 Å². The lowest BCUT2D eigenvalue weighted by molar-refractivity contribution is 0.144. The molecule has 0 aliphatic rings. The largest absolute Gasteiger partial charge is 0.614 e. The van der Waals surface area contributed by atoms with Gasteiger partial charge in [0.2, 0.25) is 0 Å². The molecule has 0 radical (unpaired) electrons. The molecule has 0 amide bonds. The molecule has 118 valence electrons. The Morgan fingerprint density at radius 1 is 0.636 bits per heavy atom. The van der Waals surface area contributed by atoms with Crippen LogP contribution in [0, 0.1) is 0 Å². The minimum atomic E-state index is -3.09. The Bertz CT molecular complexity index is 501. The van der Waals surface area contributed by atoms with Crippen molar-refractivity contribution in [3.8, 4) is 11.5 Å². The predicted octanol–water partition coefficient (Wildman–Crippen LogP) is 3.83. The minimum absolute atomic E-state index is 0.674. The molecule has 2 rings (SSSR count). The van der Waals surface area contributed by atoms with Crippen LogP contribution in [0.1, 0.15) is 0 Å². The molecule has 2 aromatic rings. The standard InChI is InChI=1S/C15H19O5PSi/c1-16-22(17-2,18-3)21(19-14-10-6-4-7-11-14)20-15-12-8-5-9-13-15/h4-13H,1-3H3. The van der Waals surface area contributed by atoms with Crippen molar-refractivity contribution in [2.75, 3.05) is 21.3 Å². The summed E-state index contributed by atoms with van der Waals surface area (Å²) >= 11 is 0. The van der Waals surface area contributed by atoms with Crippen molar-refractivity contribution in [2.45, 2.75) is 0 Å². The number of rotatable bonds is 8. The van der Waals surface area contributed by atoms with Crippen LogP contribution in [0.2, 0.25) is 0 Å². The first-order valence-corrected chi connectivity index (χ1v) is 10.4. The SMILES string of the molecule is CO[Si](OC)(OC)P(Oc1ccccc1)Oc1ccccc1. The second kappa shape index (κ2) is 8.27. The molecule has 0 saturated heterocycles. The van der Waals surface area contributed by atoms with Crippen LogP contribution in [0.15, 0.2) is 60.7 Å². The van der Waals surface area contributed by atoms with Crippen LogP contribution in [0.4, 0.5) is 0 Å². The van der Waals surface area contributed by atoms with Crippen LogP contribution in [-0.4, -0.2) is 29.8 Å². The minimum Gasteiger partial charge on any atom is -0.437 e. The lowest BCUT2D eigenvalue weighted by atomic mass is 10.3. The molecule has 0 spiro atoms. The molecule has 0 bridgehead atoms. The summed E-state index contributed by atoms with van der Waals surface area (Å²) in [5.74, 6) is 1.35. The van der Waals surface area contributed by atoms with Crippen LogP contribution in [0.25, 0.3) is 0 Å². The maximum Gasteiger partial charge on any atom is 0.614 e. The van der Waals surface area contributed by atoms with Crippen molar-refractivity contribution in [3.63, 3.8) is 0 Å². The normalized spacial score (nSPS) is 11.5. The van der Waals surface area contributed by atoms with Gasteiger partial charge in [-0.1, -0.05) is 36.4 Å². The predicted molar refractivity (Wildman–Crippen MR) is 87.8 cm³/mol. The van der Waals surface area contributed by atoms with E-state index in [1.165, 1.54) is 21.3 Å². The van der Waals surface area contributed by atoms with Crippen LogP contribution in [0.5, 0.6) is 11.5 Å². The Labute approximate surface area is 132 Å². The molecule has 2 aromatic carbocycles. The summed E-state index contributed by atoms with van der Waals surface area (Å²) in [6, 6.07) is 18.8. The van der Waals surface area contributed by atoms with Crippen LogP contribution >= 0.6 is 7.92 Å². The molecule has 22 heavy (non-hydrogen) atoms. The molecule has 0 heterocycles. The second-order valence-electron chi connectivity index (χ2n) is 4.20. The van der Waals surface area contributed by atoms with Crippen LogP contribution in [0.3, 0.4) is 0 Å². The van der Waals surface area contributed by atoms with Crippen molar-refractivity contribution in [1.82, 2.24) is 0 Å². The molecular weight excluding hydrogens is 319 g/mol. The summed E-state index contributed by atoms with van der Waals surface area (Å²) in [7, 11) is -0.0642. The second-order valence-corrected chi connectivity index (χ2v) is 10.1. The zero-order valence-corrected chi connectivity index (χ0v) is 14.7. The van der Waals surface area contributed by atoms with E-state index >= 15 is 0 Å². The molecule has 0 saturated carbocycles. The average Bonchev–Trinajstić information content (AvgIpc) is 2.59. The first-order chi connectivity index (χ1) is 10.7. The lowest BCUT2D eigenvalue weighted by Gasteiger charge is -2.30. The van der Waals surface area contributed by atoms with E-state index in [1.807, 2.05) is 60.7 Å². The highest BCUT2D eigenvalue weighted by Crippen LogP contribution is 2.49. The third-order valence-electron chi connectivity index (χ3n) is 2.86. The van der Waals surface area contributed by atoms with Crippen LogP contribution in [-0.2, 0) is 13.3 Å². The Hall–Kier alpha value is -1.43. The van der Waals surface area contributed by atoms with Gasteiger partial charge in [0.05, 0.1) is 0 Å². The van der Waals surface area contributed by atoms with E-state index in [1.54, 1.807) is 0 Å². The summed E-state index contributed by atoms with van der Waals surface area (Å²) in [6.07, 6.45) is 0. The Kier molecular flexibility index (Phi) is 6.36. The van der Waals surface area contributed by atoms with Gasteiger partial charge < -0.3 is 22.3 Å². The lowest BCUT2D eigenvalue weighted by Crippen LogP contribution is -2.43. The number of hydrogen-bond donors (Lipinski definition) is 0. The van der Waals surface area contributed by atoms with E-state index in [0.29, 0.717) is 11.5 Å². The first-order valence-electron chi connectivity index (χ1n) is 6.66. The fourth-order valence-corrected chi connectivity index (χ4v) is 6.24. The monoisotopic (exact) mass is 338 g/mol. The van der Waals surface area contributed by atoms with Crippen molar-refractivity contribution < 1.29 is 22.3 Å². The Balaban J connectivity index is 2.27. The first kappa shape index (κ1) is 16.9. The molecule has 0 N–H and O–H groups in total. The summed E-state index contributed by atoms with van der Waals surface area (Å²) in [4.78, 5) is 0. The van der Waals surface area contributed by atoms with E-state index in [2.05, 4.69) is 0 Å². The fourth-order valence-electron chi connectivity index (χ4n) is 1.76. The van der Waals surface area contributed by atoms with Crippen molar-refractivity contribution in [2.24, 2.45) is 0 Å². The van der Waals surface area contributed by atoms with E-state index < -0.39 is 16.4 Å². The maximum atomic E-state index is 5.99. The zero-order chi connectivity index (χ0) is 15.8. The van der Waals surface area contributed by atoms with Gasteiger partial charge >= 0.3 is 16.4 Å². The smallest absolute Gasteiger partial charge is 0.437 e. The van der Waals surface area contributed by atoms with E-state index in [-0.39, 0.29) is 0 Å². The highest BCUT2D eigenvalue weighted by atomic mass is 31.4. The average molecular weight is 338 g/mol. The molecule has 7 heteroatoms. The number of para-hydroxylation sites is 2. The number of hydrogen-bond acceptors (Lipinski definition) is 5. The summed E-state index contributed by atoms with van der Waals surface area (Å²) in [5.41, 5.74) is 0. The highest BCUT2D eigenvalue weighted by Gasteiger charge is 2.55. The van der Waals surface area contributed by atoms with Gasteiger partial charge in [-0.25, -0.2) is 0 Å². The molecule has 0 aliphatic heterocycles. The molecule has 0 atom stereocenters. The summed E-state index contributed by atoms with van der Waals surface area (Å²) in [6.45, 7) is 0. The molecule has 5 nitrogen and oxygen atoms in total. The van der Waals surface area contributed by atoms with Gasteiger partial charge in [-0.05, 0) is 24.3 Å². The van der Waals surface area contributed by atoms with Gasteiger partial charge in [-0.3, -0.25) is 0 Å². The molecule has 0 aromatic heterocycles. The summed E-state index contributed by atoms with van der Waals surface area (Å²) < 4.78 is 28.5. The van der Waals surface area contributed by atoms with Crippen LogP contribution < -0.4 is 9.05 Å². The van der Waals surface area contributed by atoms with Crippen molar-refractivity contribution in [3.05, 3.63) is 60.7 Å². The van der Waals surface area contributed by atoms with Gasteiger partial charge in [0.15, 0.2) is 0 Å². The third kappa shape index (κ3) is 4.06. The third-order valence-corrected chi connectivity index (χ3v) is 9.14.